The Morgan fingerprint density at radius 3 is 2.23 bits per heavy atom. The van der Waals surface area contributed by atoms with Crippen molar-refractivity contribution in [2.45, 2.75) is 19.0 Å². The zero-order valence-corrected chi connectivity index (χ0v) is 15.1. The van der Waals surface area contributed by atoms with Crippen LogP contribution in [0.5, 0.6) is 0 Å². The Bertz CT molecular complexity index is 715. The third-order valence-corrected chi connectivity index (χ3v) is 3.90. The summed E-state index contributed by atoms with van der Waals surface area (Å²) in [5, 5.41) is 14.7. The van der Waals surface area contributed by atoms with Crippen molar-refractivity contribution in [3.63, 3.8) is 0 Å². The van der Waals surface area contributed by atoms with Crippen LogP contribution in [-0.2, 0) is 13.0 Å². The number of nitrogens with zero attached hydrogens (tertiary/aromatic N) is 1. The SMILES string of the molecule is CN(C)CC(Cc1ccccc1)NC(=O)NCc1ccc(C(=O)O)cc1. The molecule has 0 radical (unpaired) electrons. The van der Waals surface area contributed by atoms with Crippen molar-refractivity contribution in [1.82, 2.24) is 15.5 Å². The molecule has 0 spiro atoms. The van der Waals surface area contributed by atoms with Gasteiger partial charge in [-0.15, -0.1) is 0 Å². The van der Waals surface area contributed by atoms with E-state index in [4.69, 9.17) is 5.11 Å². The number of hydrogen-bond donors (Lipinski definition) is 3. The molecule has 0 heterocycles. The average molecular weight is 355 g/mol. The summed E-state index contributed by atoms with van der Waals surface area (Å²) in [4.78, 5) is 25.1. The first kappa shape index (κ1) is 19.5. The highest BCUT2D eigenvalue weighted by Crippen LogP contribution is 2.06. The lowest BCUT2D eigenvalue weighted by atomic mass is 10.1. The monoisotopic (exact) mass is 355 g/mol. The van der Waals surface area contributed by atoms with Gasteiger partial charge in [-0.25, -0.2) is 9.59 Å². The number of amides is 2. The van der Waals surface area contributed by atoms with Gasteiger partial charge in [0.2, 0.25) is 0 Å². The Morgan fingerprint density at radius 2 is 1.65 bits per heavy atom. The lowest BCUT2D eigenvalue weighted by Gasteiger charge is -2.23. The van der Waals surface area contributed by atoms with Gasteiger partial charge in [-0.2, -0.15) is 0 Å². The third-order valence-electron chi connectivity index (χ3n) is 3.90. The predicted molar refractivity (Wildman–Crippen MR) is 101 cm³/mol. The molecule has 2 aromatic rings. The first-order chi connectivity index (χ1) is 12.4. The fourth-order valence-corrected chi connectivity index (χ4v) is 2.68. The number of urea groups is 1. The number of carboxylic acid groups (broad SMARTS) is 1. The second-order valence-corrected chi connectivity index (χ2v) is 6.48. The van der Waals surface area contributed by atoms with E-state index in [-0.39, 0.29) is 17.6 Å². The molecule has 0 aromatic heterocycles. The number of aromatic carboxylic acids is 1. The maximum atomic E-state index is 12.2. The van der Waals surface area contributed by atoms with Gasteiger partial charge in [-0.05, 0) is 43.8 Å². The maximum Gasteiger partial charge on any atom is 0.335 e. The second kappa shape index (κ2) is 9.58. The normalized spacial score (nSPS) is 11.8. The smallest absolute Gasteiger partial charge is 0.335 e. The van der Waals surface area contributed by atoms with Crippen molar-refractivity contribution >= 4 is 12.0 Å². The number of carboxylic acids is 1. The van der Waals surface area contributed by atoms with Gasteiger partial charge in [-0.1, -0.05) is 42.5 Å². The summed E-state index contributed by atoms with van der Waals surface area (Å²) in [6, 6.07) is 16.3. The highest BCUT2D eigenvalue weighted by atomic mass is 16.4. The molecule has 6 heteroatoms. The molecule has 0 aliphatic rings. The summed E-state index contributed by atoms with van der Waals surface area (Å²) in [6.45, 7) is 1.07. The maximum absolute atomic E-state index is 12.2. The minimum absolute atomic E-state index is 0.0122. The molecular formula is C20H25N3O3. The number of benzene rings is 2. The molecule has 3 N–H and O–H groups in total. The Hall–Kier alpha value is -2.86. The Balaban J connectivity index is 1.88. The van der Waals surface area contributed by atoms with E-state index in [2.05, 4.69) is 10.6 Å². The standard InChI is InChI=1S/C20H25N3O3/c1-23(2)14-18(12-15-6-4-3-5-7-15)22-20(26)21-13-16-8-10-17(11-9-16)19(24)25/h3-11,18H,12-14H2,1-2H3,(H,24,25)(H2,21,22,26). The summed E-state index contributed by atoms with van der Waals surface area (Å²) >= 11 is 0. The van der Waals surface area contributed by atoms with Crippen LogP contribution in [0.2, 0.25) is 0 Å². The molecule has 0 bridgehead atoms. The van der Waals surface area contributed by atoms with Crippen molar-refractivity contribution in [3.05, 3.63) is 71.3 Å². The molecule has 1 atom stereocenters. The first-order valence-electron chi connectivity index (χ1n) is 8.49. The molecule has 0 aliphatic carbocycles. The summed E-state index contributed by atoms with van der Waals surface area (Å²) < 4.78 is 0. The molecule has 2 rings (SSSR count). The highest BCUT2D eigenvalue weighted by Gasteiger charge is 2.14. The quantitative estimate of drug-likeness (QED) is 0.679. The molecule has 0 saturated carbocycles. The lowest BCUT2D eigenvalue weighted by molar-refractivity contribution is 0.0697. The van der Waals surface area contributed by atoms with Gasteiger partial charge in [0.15, 0.2) is 0 Å². The van der Waals surface area contributed by atoms with E-state index in [0.29, 0.717) is 6.54 Å². The number of rotatable bonds is 8. The minimum Gasteiger partial charge on any atom is -0.478 e. The van der Waals surface area contributed by atoms with Gasteiger partial charge >= 0.3 is 12.0 Å². The van der Waals surface area contributed by atoms with Gasteiger partial charge in [0, 0.05) is 19.1 Å². The van der Waals surface area contributed by atoms with Crippen LogP contribution in [0.1, 0.15) is 21.5 Å². The van der Waals surface area contributed by atoms with Crippen molar-refractivity contribution in [2.24, 2.45) is 0 Å². The number of carbonyl (C=O) groups is 2. The fraction of sp³-hybridized carbons (Fsp3) is 0.300. The van der Waals surface area contributed by atoms with Crippen molar-refractivity contribution in [1.29, 1.82) is 0 Å². The molecule has 138 valence electrons. The van der Waals surface area contributed by atoms with E-state index in [1.807, 2.05) is 49.3 Å². The Kier molecular flexibility index (Phi) is 7.17. The largest absolute Gasteiger partial charge is 0.478 e. The Morgan fingerprint density at radius 1 is 1.00 bits per heavy atom. The van der Waals surface area contributed by atoms with Crippen LogP contribution < -0.4 is 10.6 Å². The topological polar surface area (TPSA) is 81.7 Å². The highest BCUT2D eigenvalue weighted by molar-refractivity contribution is 5.87. The van der Waals surface area contributed by atoms with Gasteiger partial charge in [0.1, 0.15) is 0 Å². The first-order valence-corrected chi connectivity index (χ1v) is 8.49. The van der Waals surface area contributed by atoms with E-state index >= 15 is 0 Å². The molecule has 26 heavy (non-hydrogen) atoms. The Labute approximate surface area is 153 Å². The predicted octanol–water partition coefficient (Wildman–Crippen LogP) is 2.36. The fourth-order valence-electron chi connectivity index (χ4n) is 2.68. The van der Waals surface area contributed by atoms with Crippen LogP contribution >= 0.6 is 0 Å². The van der Waals surface area contributed by atoms with E-state index in [1.165, 1.54) is 17.7 Å². The van der Waals surface area contributed by atoms with Crippen molar-refractivity contribution < 1.29 is 14.7 Å². The van der Waals surface area contributed by atoms with Crippen LogP contribution in [0.15, 0.2) is 54.6 Å². The van der Waals surface area contributed by atoms with Crippen LogP contribution in [0, 0.1) is 0 Å². The molecule has 2 aromatic carbocycles. The van der Waals surface area contributed by atoms with Crippen molar-refractivity contribution in [3.8, 4) is 0 Å². The molecule has 1 unspecified atom stereocenters. The van der Waals surface area contributed by atoms with Crippen LogP contribution in [0.4, 0.5) is 4.79 Å². The number of hydrogen-bond acceptors (Lipinski definition) is 3. The zero-order chi connectivity index (χ0) is 18.9. The second-order valence-electron chi connectivity index (χ2n) is 6.48. The molecule has 0 saturated heterocycles. The molecule has 0 aliphatic heterocycles. The molecular weight excluding hydrogens is 330 g/mol. The molecule has 2 amide bonds. The molecule has 6 nitrogen and oxygen atoms in total. The zero-order valence-electron chi connectivity index (χ0n) is 15.1. The van der Waals surface area contributed by atoms with Gasteiger partial charge in [-0.3, -0.25) is 0 Å². The van der Waals surface area contributed by atoms with Gasteiger partial charge in [0.05, 0.1) is 5.56 Å². The van der Waals surface area contributed by atoms with E-state index in [9.17, 15) is 9.59 Å². The van der Waals surface area contributed by atoms with Crippen LogP contribution in [0.25, 0.3) is 0 Å². The summed E-state index contributed by atoms with van der Waals surface area (Å²) in [7, 11) is 3.95. The number of likely N-dealkylation sites (N-methyl/N-ethyl adjacent to an activating group) is 1. The average Bonchev–Trinajstić information content (AvgIpc) is 2.60. The van der Waals surface area contributed by atoms with E-state index in [0.717, 1.165) is 18.5 Å². The molecule has 0 fully saturated rings. The number of nitrogens with one attached hydrogen (secondary N) is 2. The third kappa shape index (κ3) is 6.57. The van der Waals surface area contributed by atoms with E-state index in [1.54, 1.807) is 12.1 Å². The van der Waals surface area contributed by atoms with Crippen molar-refractivity contribution in [2.75, 3.05) is 20.6 Å². The van der Waals surface area contributed by atoms with E-state index < -0.39 is 5.97 Å². The summed E-state index contributed by atoms with van der Waals surface area (Å²) in [5.41, 5.74) is 2.24. The summed E-state index contributed by atoms with van der Waals surface area (Å²) in [6.07, 6.45) is 0.750. The van der Waals surface area contributed by atoms with Gasteiger partial charge < -0.3 is 20.6 Å². The van der Waals surface area contributed by atoms with Crippen LogP contribution in [0.3, 0.4) is 0 Å². The summed E-state index contributed by atoms with van der Waals surface area (Å²) in [5.74, 6) is -0.963. The van der Waals surface area contributed by atoms with Crippen LogP contribution in [-0.4, -0.2) is 48.7 Å². The number of carbonyl (C=O) groups excluding carboxylic acids is 1. The minimum atomic E-state index is -0.963. The van der Waals surface area contributed by atoms with Gasteiger partial charge in [0.25, 0.3) is 0 Å². The lowest BCUT2D eigenvalue weighted by Crippen LogP contribution is -2.47.